The number of hydrogen-bond donors (Lipinski definition) is 2. The number of aryl methyl sites for hydroxylation is 1. The van der Waals surface area contributed by atoms with Crippen LogP contribution in [0.3, 0.4) is 0 Å². The molecular weight excluding hydrogens is 240 g/mol. The van der Waals surface area contributed by atoms with E-state index in [4.69, 9.17) is 16.3 Å². The van der Waals surface area contributed by atoms with Gasteiger partial charge in [-0.15, -0.1) is 0 Å². The van der Waals surface area contributed by atoms with Gasteiger partial charge in [-0.1, -0.05) is 17.7 Å². The second-order valence-corrected chi connectivity index (χ2v) is 3.97. The van der Waals surface area contributed by atoms with Gasteiger partial charge in [0.05, 0.1) is 6.61 Å². The summed E-state index contributed by atoms with van der Waals surface area (Å²) in [4.78, 5) is 11.5. The summed E-state index contributed by atoms with van der Waals surface area (Å²) in [5.74, 6) is 0. The molecule has 0 aliphatic carbocycles. The second kappa shape index (κ2) is 7.14. The predicted molar refractivity (Wildman–Crippen MR) is 69.7 cm³/mol. The Kier molecular flexibility index (Phi) is 5.80. The van der Waals surface area contributed by atoms with Crippen LogP contribution in [-0.2, 0) is 4.74 Å². The number of rotatable bonds is 5. The van der Waals surface area contributed by atoms with Crippen molar-refractivity contribution in [3.63, 3.8) is 0 Å². The molecule has 5 heteroatoms. The van der Waals surface area contributed by atoms with Crippen LogP contribution in [0.1, 0.15) is 12.5 Å². The van der Waals surface area contributed by atoms with E-state index in [1.165, 1.54) is 0 Å². The molecule has 0 fully saturated rings. The standard InChI is InChI=1S/C12H17ClN2O2/c1-3-17-7-6-14-12(16)15-11-8-10(13)5-4-9(11)2/h4-5,8H,3,6-7H2,1-2H3,(H2,14,15,16). The molecular formula is C12H17ClN2O2. The van der Waals surface area contributed by atoms with Gasteiger partial charge in [0, 0.05) is 23.9 Å². The van der Waals surface area contributed by atoms with Gasteiger partial charge in [-0.25, -0.2) is 4.79 Å². The Balaban J connectivity index is 2.42. The third-order valence-corrected chi connectivity index (χ3v) is 2.42. The lowest BCUT2D eigenvalue weighted by molar-refractivity contribution is 0.150. The van der Waals surface area contributed by atoms with Gasteiger partial charge in [-0.3, -0.25) is 0 Å². The molecule has 0 atom stereocenters. The first-order valence-corrected chi connectivity index (χ1v) is 5.90. The number of hydrogen-bond acceptors (Lipinski definition) is 2. The first-order chi connectivity index (χ1) is 8.13. The van der Waals surface area contributed by atoms with E-state index in [1.807, 2.05) is 19.9 Å². The van der Waals surface area contributed by atoms with E-state index in [9.17, 15) is 4.79 Å². The second-order valence-electron chi connectivity index (χ2n) is 3.54. The highest BCUT2D eigenvalue weighted by Crippen LogP contribution is 2.19. The number of urea groups is 1. The van der Waals surface area contributed by atoms with Crippen LogP contribution in [0.15, 0.2) is 18.2 Å². The molecule has 94 valence electrons. The third kappa shape index (κ3) is 5.06. The number of amides is 2. The lowest BCUT2D eigenvalue weighted by Gasteiger charge is -2.10. The molecule has 0 unspecified atom stereocenters. The van der Waals surface area contributed by atoms with Crippen molar-refractivity contribution in [3.8, 4) is 0 Å². The van der Waals surface area contributed by atoms with Crippen molar-refractivity contribution in [1.29, 1.82) is 0 Å². The van der Waals surface area contributed by atoms with Crippen molar-refractivity contribution >= 4 is 23.3 Å². The summed E-state index contributed by atoms with van der Waals surface area (Å²) >= 11 is 5.85. The highest BCUT2D eigenvalue weighted by molar-refractivity contribution is 6.31. The molecule has 1 aromatic carbocycles. The first kappa shape index (κ1) is 13.8. The zero-order valence-electron chi connectivity index (χ0n) is 10.0. The van der Waals surface area contributed by atoms with Gasteiger partial charge in [0.1, 0.15) is 0 Å². The highest BCUT2D eigenvalue weighted by atomic mass is 35.5. The highest BCUT2D eigenvalue weighted by Gasteiger charge is 2.04. The Labute approximate surface area is 106 Å². The van der Waals surface area contributed by atoms with E-state index in [0.717, 1.165) is 5.56 Å². The van der Waals surface area contributed by atoms with Gasteiger partial charge < -0.3 is 15.4 Å². The molecule has 2 amide bonds. The van der Waals surface area contributed by atoms with Crippen LogP contribution in [0, 0.1) is 6.92 Å². The molecule has 0 aromatic heterocycles. The van der Waals surface area contributed by atoms with Crippen LogP contribution in [-0.4, -0.2) is 25.8 Å². The molecule has 2 N–H and O–H groups in total. The SMILES string of the molecule is CCOCCNC(=O)Nc1cc(Cl)ccc1C. The summed E-state index contributed by atoms with van der Waals surface area (Å²) in [6, 6.07) is 5.11. The molecule has 0 radical (unpaired) electrons. The normalized spacial score (nSPS) is 10.1. The molecule has 0 bridgehead atoms. The van der Waals surface area contributed by atoms with E-state index >= 15 is 0 Å². The minimum atomic E-state index is -0.255. The van der Waals surface area contributed by atoms with E-state index < -0.39 is 0 Å². The number of benzene rings is 1. The molecule has 0 heterocycles. The lowest BCUT2D eigenvalue weighted by atomic mass is 10.2. The van der Waals surface area contributed by atoms with Crippen LogP contribution >= 0.6 is 11.6 Å². The molecule has 0 spiro atoms. The van der Waals surface area contributed by atoms with Crippen molar-refractivity contribution in [2.75, 3.05) is 25.1 Å². The summed E-state index contributed by atoms with van der Waals surface area (Å²) in [6.45, 7) is 5.47. The topological polar surface area (TPSA) is 50.4 Å². The van der Waals surface area contributed by atoms with Crippen molar-refractivity contribution in [3.05, 3.63) is 28.8 Å². The lowest BCUT2D eigenvalue weighted by Crippen LogP contribution is -2.31. The molecule has 0 aliphatic rings. The number of nitrogens with one attached hydrogen (secondary N) is 2. The van der Waals surface area contributed by atoms with Crippen molar-refractivity contribution in [2.45, 2.75) is 13.8 Å². The van der Waals surface area contributed by atoms with Gasteiger partial charge in [0.2, 0.25) is 0 Å². The zero-order chi connectivity index (χ0) is 12.7. The average Bonchev–Trinajstić information content (AvgIpc) is 2.29. The van der Waals surface area contributed by atoms with Crippen LogP contribution in [0.5, 0.6) is 0 Å². The van der Waals surface area contributed by atoms with E-state index in [0.29, 0.717) is 30.5 Å². The molecule has 4 nitrogen and oxygen atoms in total. The van der Waals surface area contributed by atoms with Gasteiger partial charge in [0.15, 0.2) is 0 Å². The van der Waals surface area contributed by atoms with Crippen LogP contribution in [0.4, 0.5) is 10.5 Å². The quantitative estimate of drug-likeness (QED) is 0.796. The number of ether oxygens (including phenoxy) is 1. The maximum atomic E-state index is 11.5. The maximum Gasteiger partial charge on any atom is 0.319 e. The van der Waals surface area contributed by atoms with Crippen LogP contribution in [0.2, 0.25) is 5.02 Å². The van der Waals surface area contributed by atoms with Crippen LogP contribution in [0.25, 0.3) is 0 Å². The summed E-state index contributed by atoms with van der Waals surface area (Å²) in [5, 5.41) is 6.03. The number of anilines is 1. The zero-order valence-corrected chi connectivity index (χ0v) is 10.8. The van der Waals surface area contributed by atoms with Gasteiger partial charge in [-0.05, 0) is 31.5 Å². The minimum absolute atomic E-state index is 0.255. The average molecular weight is 257 g/mol. The number of carbonyl (C=O) groups is 1. The largest absolute Gasteiger partial charge is 0.380 e. The molecule has 0 aliphatic heterocycles. The Morgan fingerprint density at radius 3 is 2.94 bits per heavy atom. The van der Waals surface area contributed by atoms with E-state index in [2.05, 4.69) is 10.6 Å². The molecule has 17 heavy (non-hydrogen) atoms. The fraction of sp³-hybridized carbons (Fsp3) is 0.417. The fourth-order valence-corrected chi connectivity index (χ4v) is 1.45. The first-order valence-electron chi connectivity index (χ1n) is 5.52. The molecule has 1 aromatic rings. The number of halogens is 1. The van der Waals surface area contributed by atoms with Gasteiger partial charge in [0.25, 0.3) is 0 Å². The Hall–Kier alpha value is -1.26. The molecule has 1 rings (SSSR count). The predicted octanol–water partition coefficient (Wildman–Crippen LogP) is 2.81. The summed E-state index contributed by atoms with van der Waals surface area (Å²) in [5.41, 5.74) is 1.68. The van der Waals surface area contributed by atoms with Gasteiger partial charge >= 0.3 is 6.03 Å². The summed E-state index contributed by atoms with van der Waals surface area (Å²) in [7, 11) is 0. The smallest absolute Gasteiger partial charge is 0.319 e. The maximum absolute atomic E-state index is 11.5. The minimum Gasteiger partial charge on any atom is -0.380 e. The van der Waals surface area contributed by atoms with Crippen LogP contribution < -0.4 is 10.6 Å². The van der Waals surface area contributed by atoms with Gasteiger partial charge in [-0.2, -0.15) is 0 Å². The third-order valence-electron chi connectivity index (χ3n) is 2.18. The molecule has 0 saturated carbocycles. The monoisotopic (exact) mass is 256 g/mol. The van der Waals surface area contributed by atoms with E-state index in [-0.39, 0.29) is 6.03 Å². The van der Waals surface area contributed by atoms with Crippen molar-refractivity contribution < 1.29 is 9.53 Å². The Morgan fingerprint density at radius 2 is 2.24 bits per heavy atom. The Morgan fingerprint density at radius 1 is 1.47 bits per heavy atom. The number of carbonyl (C=O) groups excluding carboxylic acids is 1. The van der Waals surface area contributed by atoms with E-state index in [1.54, 1.807) is 12.1 Å². The Bertz CT molecular complexity index is 383. The molecule has 0 saturated heterocycles. The van der Waals surface area contributed by atoms with Crippen molar-refractivity contribution in [2.24, 2.45) is 0 Å². The van der Waals surface area contributed by atoms with Crippen molar-refractivity contribution in [1.82, 2.24) is 5.32 Å². The summed E-state index contributed by atoms with van der Waals surface area (Å²) < 4.78 is 5.11. The summed E-state index contributed by atoms with van der Waals surface area (Å²) in [6.07, 6.45) is 0. The fourth-order valence-electron chi connectivity index (χ4n) is 1.28.